The fraction of sp³-hybridized carbons (Fsp3) is 0.364. The monoisotopic (exact) mass is 413 g/mol. The molecule has 4 rings (SSSR count). The molecule has 0 spiro atoms. The van der Waals surface area contributed by atoms with Gasteiger partial charge in [-0.05, 0) is 30.3 Å². The fourth-order valence-corrected chi connectivity index (χ4v) is 5.06. The summed E-state index contributed by atoms with van der Waals surface area (Å²) < 4.78 is 13.4. The van der Waals surface area contributed by atoms with E-state index < -0.39 is 6.04 Å². The summed E-state index contributed by atoms with van der Waals surface area (Å²) >= 11 is 1.48. The molecule has 2 aromatic carbocycles. The van der Waals surface area contributed by atoms with Crippen molar-refractivity contribution in [1.29, 1.82) is 0 Å². The molecule has 2 saturated heterocycles. The molecule has 29 heavy (non-hydrogen) atoms. The third kappa shape index (κ3) is 4.16. The Morgan fingerprint density at radius 2 is 1.69 bits per heavy atom. The number of amides is 2. The molecule has 2 heterocycles. The van der Waals surface area contributed by atoms with E-state index in [1.54, 1.807) is 17.0 Å². The first-order chi connectivity index (χ1) is 14.0. The lowest BCUT2D eigenvalue weighted by atomic mass is 10.0. The number of rotatable bonds is 4. The van der Waals surface area contributed by atoms with Crippen molar-refractivity contribution in [3.8, 4) is 0 Å². The molecule has 2 aliphatic heterocycles. The van der Waals surface area contributed by atoms with Crippen molar-refractivity contribution < 1.29 is 14.0 Å². The van der Waals surface area contributed by atoms with Crippen LogP contribution in [0.5, 0.6) is 0 Å². The molecule has 0 aromatic heterocycles. The van der Waals surface area contributed by atoms with Crippen LogP contribution in [-0.4, -0.2) is 65.5 Å². The summed E-state index contributed by atoms with van der Waals surface area (Å²) in [5.41, 5.74) is 1.63. The van der Waals surface area contributed by atoms with Crippen molar-refractivity contribution in [2.75, 3.05) is 39.0 Å². The van der Waals surface area contributed by atoms with E-state index >= 15 is 0 Å². The Bertz CT molecular complexity index is 869. The van der Waals surface area contributed by atoms with Crippen molar-refractivity contribution in [3.63, 3.8) is 0 Å². The van der Waals surface area contributed by atoms with Gasteiger partial charge in [-0.1, -0.05) is 42.5 Å². The van der Waals surface area contributed by atoms with Gasteiger partial charge in [-0.2, -0.15) is 0 Å². The largest absolute Gasteiger partial charge is 0.338 e. The summed E-state index contributed by atoms with van der Waals surface area (Å²) in [7, 11) is 2.04. The van der Waals surface area contributed by atoms with Crippen molar-refractivity contribution >= 4 is 23.6 Å². The summed E-state index contributed by atoms with van der Waals surface area (Å²) in [5, 5.41) is -0.315. The van der Waals surface area contributed by atoms with Crippen LogP contribution in [0.2, 0.25) is 0 Å². The maximum Gasteiger partial charge on any atom is 0.250 e. The van der Waals surface area contributed by atoms with Gasteiger partial charge in [0.25, 0.3) is 0 Å². The smallest absolute Gasteiger partial charge is 0.250 e. The molecule has 2 amide bonds. The second-order valence-electron chi connectivity index (χ2n) is 7.46. The Balaban J connectivity index is 1.70. The number of benzene rings is 2. The van der Waals surface area contributed by atoms with E-state index in [0.29, 0.717) is 18.8 Å². The van der Waals surface area contributed by atoms with E-state index in [1.807, 2.05) is 42.3 Å². The maximum atomic E-state index is 13.6. The second kappa shape index (κ2) is 8.55. The molecule has 0 radical (unpaired) electrons. The normalized spacial score (nSPS) is 21.4. The minimum absolute atomic E-state index is 0.0488. The predicted octanol–water partition coefficient (Wildman–Crippen LogP) is 2.92. The number of carbonyl (C=O) groups excluding carboxylic acids is 2. The molecule has 0 unspecified atom stereocenters. The molecule has 0 saturated carbocycles. The van der Waals surface area contributed by atoms with E-state index in [4.69, 9.17) is 0 Å². The number of hydrogen-bond donors (Lipinski definition) is 0. The van der Waals surface area contributed by atoms with Crippen LogP contribution in [0.15, 0.2) is 54.6 Å². The number of piperazine rings is 1. The first-order valence-electron chi connectivity index (χ1n) is 9.75. The first kappa shape index (κ1) is 19.9. The number of hydrogen-bond acceptors (Lipinski definition) is 4. The SMILES string of the molecule is CN1CCN(C(=O)[C@@H](c2ccccc2)N2C(=O)CS[C@@H]2c2ccc(F)cc2)CC1. The number of halogens is 1. The number of nitrogens with zero attached hydrogens (tertiary/aromatic N) is 3. The zero-order chi connectivity index (χ0) is 20.4. The predicted molar refractivity (Wildman–Crippen MR) is 112 cm³/mol. The van der Waals surface area contributed by atoms with Gasteiger partial charge in [0.15, 0.2) is 0 Å². The highest BCUT2D eigenvalue weighted by Gasteiger charge is 2.43. The molecule has 0 N–H and O–H groups in total. The number of carbonyl (C=O) groups is 2. The molecule has 5 nitrogen and oxygen atoms in total. The van der Waals surface area contributed by atoms with Crippen LogP contribution in [0.3, 0.4) is 0 Å². The molecule has 0 bridgehead atoms. The van der Waals surface area contributed by atoms with Gasteiger partial charge in [-0.15, -0.1) is 11.8 Å². The average Bonchev–Trinajstić information content (AvgIpc) is 3.11. The highest BCUT2D eigenvalue weighted by atomic mass is 32.2. The zero-order valence-electron chi connectivity index (χ0n) is 16.3. The molecule has 7 heteroatoms. The number of likely N-dealkylation sites (N-methyl/N-ethyl adjacent to an activating group) is 1. The van der Waals surface area contributed by atoms with Crippen LogP contribution in [0, 0.1) is 5.82 Å². The minimum atomic E-state index is -0.683. The van der Waals surface area contributed by atoms with Crippen LogP contribution in [-0.2, 0) is 9.59 Å². The summed E-state index contributed by atoms with van der Waals surface area (Å²) in [6.07, 6.45) is 0. The second-order valence-corrected chi connectivity index (χ2v) is 8.53. The molecular formula is C22H24FN3O2S. The summed E-state index contributed by atoms with van der Waals surface area (Å²) in [5.74, 6) is -0.128. The third-order valence-corrected chi connectivity index (χ3v) is 6.73. The lowest BCUT2D eigenvalue weighted by Crippen LogP contribution is -2.51. The van der Waals surface area contributed by atoms with E-state index in [9.17, 15) is 14.0 Å². The molecular weight excluding hydrogens is 389 g/mol. The van der Waals surface area contributed by atoms with Crippen LogP contribution in [0.4, 0.5) is 4.39 Å². The van der Waals surface area contributed by atoms with Gasteiger partial charge in [-0.25, -0.2) is 4.39 Å². The van der Waals surface area contributed by atoms with E-state index in [2.05, 4.69) is 4.90 Å². The van der Waals surface area contributed by atoms with Crippen LogP contribution in [0.1, 0.15) is 22.5 Å². The molecule has 2 aliphatic rings. The lowest BCUT2D eigenvalue weighted by molar-refractivity contribution is -0.146. The standard InChI is InChI=1S/C22H24FN3O2S/c1-24-11-13-25(14-12-24)21(28)20(16-5-3-2-4-6-16)26-19(27)15-29-22(26)17-7-9-18(23)10-8-17/h2-10,20,22H,11-15H2,1H3/t20-,22-/m1/s1. The minimum Gasteiger partial charge on any atom is -0.338 e. The maximum absolute atomic E-state index is 13.6. The van der Waals surface area contributed by atoms with E-state index in [0.717, 1.165) is 24.2 Å². The molecule has 152 valence electrons. The molecule has 0 aliphatic carbocycles. The number of thioether (sulfide) groups is 1. The molecule has 2 fully saturated rings. The Morgan fingerprint density at radius 3 is 2.34 bits per heavy atom. The van der Waals surface area contributed by atoms with Crippen LogP contribution < -0.4 is 0 Å². The Morgan fingerprint density at radius 1 is 1.03 bits per heavy atom. The molecule has 2 atom stereocenters. The summed E-state index contributed by atoms with van der Waals surface area (Å²) in [6.45, 7) is 2.93. The van der Waals surface area contributed by atoms with Gasteiger partial charge in [0.2, 0.25) is 11.8 Å². The van der Waals surface area contributed by atoms with Gasteiger partial charge in [0.05, 0.1) is 5.75 Å². The van der Waals surface area contributed by atoms with Crippen LogP contribution in [0.25, 0.3) is 0 Å². The Kier molecular flexibility index (Phi) is 5.87. The van der Waals surface area contributed by atoms with E-state index in [-0.39, 0.29) is 23.0 Å². The van der Waals surface area contributed by atoms with Gasteiger partial charge in [0.1, 0.15) is 17.2 Å². The highest BCUT2D eigenvalue weighted by molar-refractivity contribution is 8.00. The summed E-state index contributed by atoms with van der Waals surface area (Å²) in [4.78, 5) is 32.3. The average molecular weight is 414 g/mol. The topological polar surface area (TPSA) is 43.9 Å². The van der Waals surface area contributed by atoms with Gasteiger partial charge in [-0.3, -0.25) is 9.59 Å². The molecule has 2 aromatic rings. The fourth-order valence-electron chi connectivity index (χ4n) is 3.86. The van der Waals surface area contributed by atoms with Crippen LogP contribution >= 0.6 is 11.8 Å². The lowest BCUT2D eigenvalue weighted by Gasteiger charge is -2.38. The Labute approximate surface area is 174 Å². The zero-order valence-corrected chi connectivity index (χ0v) is 17.1. The van der Waals surface area contributed by atoms with Gasteiger partial charge >= 0.3 is 0 Å². The summed E-state index contributed by atoms with van der Waals surface area (Å²) in [6, 6.07) is 15.0. The first-order valence-corrected chi connectivity index (χ1v) is 10.8. The van der Waals surface area contributed by atoms with Crippen molar-refractivity contribution in [1.82, 2.24) is 14.7 Å². The van der Waals surface area contributed by atoms with Crippen molar-refractivity contribution in [3.05, 3.63) is 71.5 Å². The van der Waals surface area contributed by atoms with Crippen molar-refractivity contribution in [2.45, 2.75) is 11.4 Å². The van der Waals surface area contributed by atoms with Gasteiger partial charge in [0, 0.05) is 26.2 Å². The van der Waals surface area contributed by atoms with E-state index in [1.165, 1.54) is 23.9 Å². The third-order valence-electron chi connectivity index (χ3n) is 5.50. The Hall–Kier alpha value is -2.38. The van der Waals surface area contributed by atoms with Gasteiger partial charge < -0.3 is 14.7 Å². The highest BCUT2D eigenvalue weighted by Crippen LogP contribution is 2.44. The quantitative estimate of drug-likeness (QED) is 0.773. The van der Waals surface area contributed by atoms with Crippen molar-refractivity contribution in [2.24, 2.45) is 0 Å².